The average Bonchev–Trinajstić information content (AvgIpc) is 3.53. The van der Waals surface area contributed by atoms with Gasteiger partial charge in [0.25, 0.3) is 5.91 Å². The largest absolute Gasteiger partial charge is 0.336 e. The van der Waals surface area contributed by atoms with Gasteiger partial charge in [0.1, 0.15) is 0 Å². The zero-order valence-electron chi connectivity index (χ0n) is 16.2. The van der Waals surface area contributed by atoms with Crippen LogP contribution in [0.3, 0.4) is 0 Å². The first-order chi connectivity index (χ1) is 14.1. The molecule has 0 aromatic carbocycles. The number of amides is 1. The van der Waals surface area contributed by atoms with Crippen molar-refractivity contribution in [2.24, 2.45) is 0 Å². The lowest BCUT2D eigenvalue weighted by Crippen LogP contribution is -2.34. The van der Waals surface area contributed by atoms with Crippen molar-refractivity contribution in [3.63, 3.8) is 0 Å². The van der Waals surface area contributed by atoms with E-state index in [0.29, 0.717) is 6.04 Å². The summed E-state index contributed by atoms with van der Waals surface area (Å²) < 4.78 is 1.76. The maximum absolute atomic E-state index is 12.9. The summed E-state index contributed by atoms with van der Waals surface area (Å²) in [5.74, 6) is 0.109. The van der Waals surface area contributed by atoms with Crippen LogP contribution >= 0.6 is 11.3 Å². The lowest BCUT2D eigenvalue weighted by molar-refractivity contribution is 0.0788. The fourth-order valence-corrected chi connectivity index (χ4v) is 4.60. The van der Waals surface area contributed by atoms with Crippen LogP contribution in [0.1, 0.15) is 16.1 Å². The van der Waals surface area contributed by atoms with E-state index in [2.05, 4.69) is 39.3 Å². The Morgan fingerprint density at radius 1 is 1.24 bits per heavy atom. The molecule has 1 aliphatic rings. The molecule has 0 unspecified atom stereocenters. The Hall–Kier alpha value is -3.04. The Balaban J connectivity index is 1.40. The van der Waals surface area contributed by atoms with E-state index in [4.69, 9.17) is 0 Å². The van der Waals surface area contributed by atoms with Gasteiger partial charge in [-0.05, 0) is 37.5 Å². The number of likely N-dealkylation sites (tertiary alicyclic amines) is 1. The number of hydrogen-bond donors (Lipinski definition) is 1. The van der Waals surface area contributed by atoms with Crippen LogP contribution in [0.15, 0.2) is 42.4 Å². The van der Waals surface area contributed by atoms with Gasteiger partial charge in [0, 0.05) is 54.4 Å². The number of rotatable bonds is 4. The lowest BCUT2D eigenvalue weighted by Gasteiger charge is -2.19. The molecular weight excluding hydrogens is 386 g/mol. The van der Waals surface area contributed by atoms with Gasteiger partial charge in [-0.25, -0.2) is 9.50 Å². The van der Waals surface area contributed by atoms with Crippen LogP contribution in [-0.4, -0.2) is 73.7 Å². The molecule has 0 saturated carbocycles. The van der Waals surface area contributed by atoms with Gasteiger partial charge in [0.15, 0.2) is 5.65 Å². The average molecular weight is 408 g/mol. The summed E-state index contributed by atoms with van der Waals surface area (Å²) in [5.41, 5.74) is 4.56. The third-order valence-corrected chi connectivity index (χ3v) is 6.41. The summed E-state index contributed by atoms with van der Waals surface area (Å²) in [6.07, 6.45) is 10.1. The Morgan fingerprint density at radius 3 is 2.90 bits per heavy atom. The first-order valence-electron chi connectivity index (χ1n) is 9.47. The molecule has 0 aliphatic carbocycles. The molecule has 4 aromatic rings. The van der Waals surface area contributed by atoms with Crippen LogP contribution in [0.2, 0.25) is 0 Å². The minimum Gasteiger partial charge on any atom is -0.336 e. The molecular formula is C20H21N7OS. The van der Waals surface area contributed by atoms with Crippen LogP contribution < -0.4 is 0 Å². The molecule has 0 bridgehead atoms. The van der Waals surface area contributed by atoms with Gasteiger partial charge in [0.05, 0.1) is 17.3 Å². The molecule has 4 aromatic heterocycles. The predicted octanol–water partition coefficient (Wildman–Crippen LogP) is 2.62. The quantitative estimate of drug-likeness (QED) is 0.562. The van der Waals surface area contributed by atoms with Crippen LogP contribution in [0, 0.1) is 0 Å². The van der Waals surface area contributed by atoms with Gasteiger partial charge in [-0.2, -0.15) is 10.2 Å². The normalized spacial score (nSPS) is 16.9. The molecule has 1 saturated heterocycles. The maximum atomic E-state index is 12.9. The number of hydrogen-bond acceptors (Lipinski definition) is 6. The van der Waals surface area contributed by atoms with E-state index in [1.165, 1.54) is 11.3 Å². The zero-order chi connectivity index (χ0) is 20.0. The SMILES string of the molecule is CN(C)[C@@H]1CCN(C(=O)c2cc(-c3cnn4cc(-c5cn[nH]c5)cnc34)cs2)C1. The molecule has 1 aliphatic heterocycles. The van der Waals surface area contributed by atoms with Crippen LogP contribution in [0.4, 0.5) is 0 Å². The van der Waals surface area contributed by atoms with Crippen molar-refractivity contribution in [3.8, 4) is 22.3 Å². The van der Waals surface area contributed by atoms with E-state index in [0.717, 1.165) is 52.3 Å². The Labute approximate surface area is 171 Å². The summed E-state index contributed by atoms with van der Waals surface area (Å²) in [5, 5.41) is 13.2. The third kappa shape index (κ3) is 3.22. The fourth-order valence-electron chi connectivity index (χ4n) is 3.73. The highest BCUT2D eigenvalue weighted by atomic mass is 32.1. The standard InChI is InChI=1S/C20H21N7OS/c1-25(2)16-3-4-26(11-16)20(28)18-5-13(12-29-18)17-9-24-27-10-15(6-21-19(17)27)14-7-22-23-8-14/h5-10,12,16H,3-4,11H2,1-2H3,(H,22,23)/t16-/m1/s1. The zero-order valence-corrected chi connectivity index (χ0v) is 17.1. The van der Waals surface area contributed by atoms with Gasteiger partial charge < -0.3 is 9.80 Å². The van der Waals surface area contributed by atoms with E-state index < -0.39 is 0 Å². The smallest absolute Gasteiger partial charge is 0.263 e. The number of carbonyl (C=O) groups excluding carboxylic acids is 1. The number of aromatic nitrogens is 5. The van der Waals surface area contributed by atoms with E-state index >= 15 is 0 Å². The van der Waals surface area contributed by atoms with Crippen molar-refractivity contribution in [2.45, 2.75) is 12.5 Å². The highest BCUT2D eigenvalue weighted by Gasteiger charge is 2.29. The number of carbonyl (C=O) groups is 1. The van der Waals surface area contributed by atoms with Crippen LogP contribution in [0.25, 0.3) is 27.9 Å². The lowest BCUT2D eigenvalue weighted by atomic mass is 10.1. The van der Waals surface area contributed by atoms with E-state index in [-0.39, 0.29) is 5.91 Å². The monoisotopic (exact) mass is 407 g/mol. The van der Waals surface area contributed by atoms with E-state index in [1.807, 2.05) is 34.9 Å². The molecule has 5 heterocycles. The summed E-state index contributed by atoms with van der Waals surface area (Å²) in [7, 11) is 4.14. The topological polar surface area (TPSA) is 82.4 Å². The maximum Gasteiger partial charge on any atom is 0.263 e. The Bertz CT molecular complexity index is 1160. The van der Waals surface area contributed by atoms with Crippen molar-refractivity contribution < 1.29 is 4.79 Å². The Kier molecular flexibility index (Phi) is 4.40. The van der Waals surface area contributed by atoms with Crippen molar-refractivity contribution in [2.75, 3.05) is 27.2 Å². The minimum absolute atomic E-state index is 0.109. The molecule has 1 atom stereocenters. The van der Waals surface area contributed by atoms with Crippen molar-refractivity contribution in [1.82, 2.24) is 34.6 Å². The molecule has 148 valence electrons. The van der Waals surface area contributed by atoms with Gasteiger partial charge in [-0.15, -0.1) is 11.3 Å². The number of nitrogens with one attached hydrogen (secondary N) is 1. The third-order valence-electron chi connectivity index (χ3n) is 5.49. The van der Waals surface area contributed by atoms with Crippen molar-refractivity contribution in [1.29, 1.82) is 0 Å². The summed E-state index contributed by atoms with van der Waals surface area (Å²) in [6.45, 7) is 1.60. The molecule has 9 heteroatoms. The molecule has 0 spiro atoms. The fraction of sp³-hybridized carbons (Fsp3) is 0.300. The van der Waals surface area contributed by atoms with Gasteiger partial charge in [-0.1, -0.05) is 0 Å². The highest BCUT2D eigenvalue weighted by Crippen LogP contribution is 2.30. The molecule has 5 rings (SSSR count). The number of H-pyrrole nitrogens is 1. The van der Waals surface area contributed by atoms with Gasteiger partial charge in [0.2, 0.25) is 0 Å². The molecule has 1 amide bonds. The number of nitrogens with zero attached hydrogens (tertiary/aromatic N) is 6. The van der Waals surface area contributed by atoms with Crippen molar-refractivity contribution >= 4 is 22.9 Å². The molecule has 1 fully saturated rings. The number of fused-ring (bicyclic) bond motifs is 1. The second-order valence-electron chi connectivity index (χ2n) is 7.51. The number of aromatic amines is 1. The second-order valence-corrected chi connectivity index (χ2v) is 8.42. The number of thiophene rings is 1. The number of likely N-dealkylation sites (N-methyl/N-ethyl adjacent to an activating group) is 1. The summed E-state index contributed by atoms with van der Waals surface area (Å²) in [4.78, 5) is 22.4. The molecule has 1 N–H and O–H groups in total. The first-order valence-corrected chi connectivity index (χ1v) is 10.4. The summed E-state index contributed by atoms with van der Waals surface area (Å²) >= 11 is 1.48. The van der Waals surface area contributed by atoms with Gasteiger partial charge in [-0.3, -0.25) is 9.89 Å². The van der Waals surface area contributed by atoms with E-state index in [1.54, 1.807) is 16.9 Å². The second kappa shape index (κ2) is 7.09. The first kappa shape index (κ1) is 18.0. The van der Waals surface area contributed by atoms with Gasteiger partial charge >= 0.3 is 0 Å². The minimum atomic E-state index is 0.109. The van der Waals surface area contributed by atoms with Crippen molar-refractivity contribution in [3.05, 3.63) is 47.3 Å². The molecule has 29 heavy (non-hydrogen) atoms. The Morgan fingerprint density at radius 2 is 2.14 bits per heavy atom. The van der Waals surface area contributed by atoms with Crippen LogP contribution in [0.5, 0.6) is 0 Å². The van der Waals surface area contributed by atoms with E-state index in [9.17, 15) is 4.79 Å². The molecule has 8 nitrogen and oxygen atoms in total. The highest BCUT2D eigenvalue weighted by molar-refractivity contribution is 7.12. The predicted molar refractivity (Wildman–Crippen MR) is 112 cm³/mol. The van der Waals surface area contributed by atoms with Crippen LogP contribution in [-0.2, 0) is 0 Å². The summed E-state index contributed by atoms with van der Waals surface area (Å²) in [6, 6.07) is 2.39. The molecule has 0 radical (unpaired) electrons.